The van der Waals surface area contributed by atoms with E-state index in [0.717, 1.165) is 34.5 Å². The van der Waals surface area contributed by atoms with Crippen molar-refractivity contribution in [1.29, 1.82) is 0 Å². The number of primary amides is 1. The van der Waals surface area contributed by atoms with E-state index in [0.29, 0.717) is 18.8 Å². The summed E-state index contributed by atoms with van der Waals surface area (Å²) < 4.78 is 13.6. The average Bonchev–Trinajstić information content (AvgIpc) is 3.12. The molecule has 0 fully saturated rings. The fraction of sp³-hybridized carbons (Fsp3) is 0.500. The van der Waals surface area contributed by atoms with Gasteiger partial charge in [-0.25, -0.2) is 0 Å². The van der Waals surface area contributed by atoms with Crippen LogP contribution in [-0.2, 0) is 30.4 Å². The molecule has 3 rings (SSSR count). The predicted octanol–water partition coefficient (Wildman–Crippen LogP) is 2.25. The highest BCUT2D eigenvalue weighted by molar-refractivity contribution is 7.98. The van der Waals surface area contributed by atoms with Gasteiger partial charge in [-0.15, -0.1) is 10.2 Å². The van der Waals surface area contributed by atoms with Gasteiger partial charge in [0.1, 0.15) is 23.4 Å². The molecule has 1 atom stereocenters. The second-order valence-corrected chi connectivity index (χ2v) is 7.29. The molecule has 0 saturated heterocycles. The van der Waals surface area contributed by atoms with Gasteiger partial charge in [0.25, 0.3) is 0 Å². The monoisotopic (exact) mass is 376 g/mol. The van der Waals surface area contributed by atoms with Crippen LogP contribution in [0, 0.1) is 0 Å². The zero-order valence-electron chi connectivity index (χ0n) is 15.3. The number of aromatic nitrogens is 3. The van der Waals surface area contributed by atoms with E-state index < -0.39 is 0 Å². The van der Waals surface area contributed by atoms with Crippen molar-refractivity contribution in [3.8, 4) is 11.5 Å². The van der Waals surface area contributed by atoms with Crippen LogP contribution in [0.25, 0.3) is 0 Å². The summed E-state index contributed by atoms with van der Waals surface area (Å²) in [6.07, 6.45) is 1.88. The molecule has 0 saturated carbocycles. The Bertz CT molecular complexity index is 806. The number of rotatable bonds is 8. The van der Waals surface area contributed by atoms with Gasteiger partial charge in [0.2, 0.25) is 5.91 Å². The van der Waals surface area contributed by atoms with Crippen LogP contribution >= 0.6 is 11.8 Å². The van der Waals surface area contributed by atoms with Gasteiger partial charge in [-0.1, -0.05) is 11.8 Å². The number of amides is 1. The summed E-state index contributed by atoms with van der Waals surface area (Å²) in [5.41, 5.74) is 7.48. The minimum absolute atomic E-state index is 0.203. The molecule has 0 spiro atoms. The lowest BCUT2D eigenvalue weighted by Gasteiger charge is -2.12. The third-order valence-electron chi connectivity index (χ3n) is 4.26. The number of nitrogens with zero attached hydrogens (tertiary/aromatic N) is 3. The largest absolute Gasteiger partial charge is 0.494 e. The predicted molar refractivity (Wildman–Crippen MR) is 99.5 cm³/mol. The summed E-state index contributed by atoms with van der Waals surface area (Å²) >= 11 is 1.58. The smallest absolute Gasteiger partial charge is 0.217 e. The van der Waals surface area contributed by atoms with Gasteiger partial charge in [0, 0.05) is 43.2 Å². The van der Waals surface area contributed by atoms with Crippen LogP contribution in [0.4, 0.5) is 0 Å². The highest BCUT2D eigenvalue weighted by atomic mass is 32.2. The standard InChI is InChI=1S/C18H24N4O3S/c1-4-24-14-8-12-7-11(2)25-15(12)9-13(14)10-26-18-21-20-17(22(18)3)6-5-16(19)23/h8-9,11H,4-7,10H2,1-3H3,(H2,19,23). The number of thioether (sulfide) groups is 1. The lowest BCUT2D eigenvalue weighted by atomic mass is 10.1. The zero-order chi connectivity index (χ0) is 18.7. The SMILES string of the molecule is CCOc1cc2c(cc1CSc1nnc(CCC(N)=O)n1C)OC(C)C2. The Hall–Kier alpha value is -2.22. The minimum atomic E-state index is -0.337. The number of fused-ring (bicyclic) bond motifs is 1. The third-order valence-corrected chi connectivity index (χ3v) is 5.32. The van der Waals surface area contributed by atoms with E-state index in [4.69, 9.17) is 15.2 Å². The van der Waals surface area contributed by atoms with E-state index in [1.807, 2.05) is 18.5 Å². The average molecular weight is 376 g/mol. The number of benzene rings is 1. The van der Waals surface area contributed by atoms with Crippen molar-refractivity contribution in [2.24, 2.45) is 12.8 Å². The van der Waals surface area contributed by atoms with Crippen molar-refractivity contribution in [2.75, 3.05) is 6.61 Å². The molecule has 0 bridgehead atoms. The molecule has 1 aliphatic heterocycles. The number of ether oxygens (including phenoxy) is 2. The summed E-state index contributed by atoms with van der Waals surface area (Å²) in [7, 11) is 1.90. The van der Waals surface area contributed by atoms with E-state index >= 15 is 0 Å². The molecule has 1 aromatic heterocycles. The first-order chi connectivity index (χ1) is 12.5. The number of carbonyl (C=O) groups is 1. The molecule has 0 aliphatic carbocycles. The van der Waals surface area contributed by atoms with Gasteiger partial charge in [-0.3, -0.25) is 4.79 Å². The van der Waals surface area contributed by atoms with Gasteiger partial charge in [-0.2, -0.15) is 0 Å². The topological polar surface area (TPSA) is 92.3 Å². The highest BCUT2D eigenvalue weighted by Gasteiger charge is 2.22. The molecule has 2 heterocycles. The number of carbonyl (C=O) groups excluding carboxylic acids is 1. The molecule has 1 aromatic carbocycles. The summed E-state index contributed by atoms with van der Waals surface area (Å²) in [5.74, 6) is 2.95. The van der Waals surface area contributed by atoms with E-state index in [1.54, 1.807) is 11.8 Å². The van der Waals surface area contributed by atoms with Crippen LogP contribution in [-0.4, -0.2) is 33.4 Å². The van der Waals surface area contributed by atoms with E-state index in [9.17, 15) is 4.79 Å². The molecule has 1 amide bonds. The van der Waals surface area contributed by atoms with E-state index in [-0.39, 0.29) is 18.4 Å². The molecule has 1 aliphatic rings. The molecule has 2 N–H and O–H groups in total. The highest BCUT2D eigenvalue weighted by Crippen LogP contribution is 2.37. The second-order valence-electron chi connectivity index (χ2n) is 6.35. The third kappa shape index (κ3) is 4.12. The lowest BCUT2D eigenvalue weighted by molar-refractivity contribution is -0.118. The fourth-order valence-corrected chi connectivity index (χ4v) is 3.86. The van der Waals surface area contributed by atoms with Crippen molar-refractivity contribution in [2.45, 2.75) is 50.1 Å². The molecule has 0 radical (unpaired) electrons. The Morgan fingerprint density at radius 2 is 2.27 bits per heavy atom. The Labute approximate surface area is 157 Å². The van der Waals surface area contributed by atoms with Crippen LogP contribution in [0.2, 0.25) is 0 Å². The Kier molecular flexibility index (Phi) is 5.70. The van der Waals surface area contributed by atoms with Crippen LogP contribution in [0.15, 0.2) is 17.3 Å². The fourth-order valence-electron chi connectivity index (χ4n) is 2.95. The van der Waals surface area contributed by atoms with Crippen molar-refractivity contribution in [3.05, 3.63) is 29.1 Å². The van der Waals surface area contributed by atoms with Gasteiger partial charge in [-0.05, 0) is 26.0 Å². The molecular formula is C18H24N4O3S. The van der Waals surface area contributed by atoms with Crippen LogP contribution < -0.4 is 15.2 Å². The Balaban J connectivity index is 1.73. The molecule has 26 heavy (non-hydrogen) atoms. The van der Waals surface area contributed by atoms with E-state index in [2.05, 4.69) is 29.3 Å². The van der Waals surface area contributed by atoms with E-state index in [1.165, 1.54) is 5.56 Å². The van der Waals surface area contributed by atoms with Crippen LogP contribution in [0.1, 0.15) is 37.2 Å². The molecule has 2 aromatic rings. The zero-order valence-corrected chi connectivity index (χ0v) is 16.1. The summed E-state index contributed by atoms with van der Waals surface area (Å²) in [5, 5.41) is 9.17. The molecule has 1 unspecified atom stereocenters. The first-order valence-corrected chi connectivity index (χ1v) is 9.71. The van der Waals surface area contributed by atoms with Crippen LogP contribution in [0.5, 0.6) is 11.5 Å². The van der Waals surface area contributed by atoms with Crippen molar-refractivity contribution in [1.82, 2.24) is 14.8 Å². The maximum Gasteiger partial charge on any atom is 0.217 e. The van der Waals surface area contributed by atoms with Crippen molar-refractivity contribution < 1.29 is 14.3 Å². The Morgan fingerprint density at radius 1 is 1.46 bits per heavy atom. The normalized spacial score (nSPS) is 15.6. The van der Waals surface area contributed by atoms with Gasteiger partial charge in [0.05, 0.1) is 6.61 Å². The number of hydrogen-bond acceptors (Lipinski definition) is 6. The Morgan fingerprint density at radius 3 is 3.00 bits per heavy atom. The van der Waals surface area contributed by atoms with Gasteiger partial charge >= 0.3 is 0 Å². The summed E-state index contributed by atoms with van der Waals surface area (Å²) in [6, 6.07) is 4.16. The van der Waals surface area contributed by atoms with Gasteiger partial charge < -0.3 is 19.8 Å². The quantitative estimate of drug-likeness (QED) is 0.711. The summed E-state index contributed by atoms with van der Waals surface area (Å²) in [4.78, 5) is 11.0. The maximum atomic E-state index is 11.0. The number of aryl methyl sites for hydroxylation is 1. The molecule has 8 heteroatoms. The second kappa shape index (κ2) is 7.99. The van der Waals surface area contributed by atoms with Crippen LogP contribution in [0.3, 0.4) is 0 Å². The molecule has 7 nitrogen and oxygen atoms in total. The lowest BCUT2D eigenvalue weighted by Crippen LogP contribution is -2.12. The number of hydrogen-bond donors (Lipinski definition) is 1. The first-order valence-electron chi connectivity index (χ1n) is 8.72. The molecular weight excluding hydrogens is 352 g/mol. The number of nitrogens with two attached hydrogens (primary N) is 1. The van der Waals surface area contributed by atoms with Gasteiger partial charge in [0.15, 0.2) is 5.16 Å². The van der Waals surface area contributed by atoms with Crippen molar-refractivity contribution in [3.63, 3.8) is 0 Å². The molecule has 140 valence electrons. The minimum Gasteiger partial charge on any atom is -0.494 e. The maximum absolute atomic E-state index is 11.0. The van der Waals surface area contributed by atoms with Crippen molar-refractivity contribution >= 4 is 17.7 Å². The summed E-state index contributed by atoms with van der Waals surface area (Å²) in [6.45, 7) is 4.67. The first kappa shape index (κ1) is 18.6.